The van der Waals surface area contributed by atoms with Gasteiger partial charge in [-0.05, 0) is 43.0 Å². The van der Waals surface area contributed by atoms with E-state index in [4.69, 9.17) is 4.74 Å². The SMILES string of the molecule is CCCCOc1ccc(C(CC)NCc2ccc(C)cc2)cc1. The summed E-state index contributed by atoms with van der Waals surface area (Å²) in [5, 5.41) is 3.65. The molecule has 1 unspecified atom stereocenters. The molecule has 1 N–H and O–H groups in total. The minimum absolute atomic E-state index is 0.376. The fraction of sp³-hybridized carbons (Fsp3) is 0.429. The van der Waals surface area contributed by atoms with Gasteiger partial charge in [0.2, 0.25) is 0 Å². The third kappa shape index (κ3) is 5.72. The van der Waals surface area contributed by atoms with Crippen LogP contribution in [0.5, 0.6) is 5.75 Å². The van der Waals surface area contributed by atoms with Gasteiger partial charge in [-0.3, -0.25) is 0 Å². The highest BCUT2D eigenvalue weighted by Gasteiger charge is 2.09. The van der Waals surface area contributed by atoms with Crippen LogP contribution in [0.3, 0.4) is 0 Å². The number of rotatable bonds is 9. The number of hydrogen-bond acceptors (Lipinski definition) is 2. The van der Waals surface area contributed by atoms with E-state index >= 15 is 0 Å². The maximum Gasteiger partial charge on any atom is 0.119 e. The summed E-state index contributed by atoms with van der Waals surface area (Å²) in [4.78, 5) is 0. The smallest absolute Gasteiger partial charge is 0.119 e. The van der Waals surface area contributed by atoms with Crippen LogP contribution in [0, 0.1) is 6.92 Å². The molecule has 0 fully saturated rings. The molecule has 124 valence electrons. The number of ether oxygens (including phenoxy) is 1. The van der Waals surface area contributed by atoms with Gasteiger partial charge in [-0.15, -0.1) is 0 Å². The molecule has 0 aliphatic heterocycles. The van der Waals surface area contributed by atoms with E-state index in [-0.39, 0.29) is 0 Å². The molecule has 2 aromatic carbocycles. The third-order valence-corrected chi connectivity index (χ3v) is 4.13. The quantitative estimate of drug-likeness (QED) is 0.625. The van der Waals surface area contributed by atoms with Crippen molar-refractivity contribution >= 4 is 0 Å². The van der Waals surface area contributed by atoms with Gasteiger partial charge in [-0.2, -0.15) is 0 Å². The molecule has 0 aromatic heterocycles. The monoisotopic (exact) mass is 311 g/mol. The van der Waals surface area contributed by atoms with Gasteiger partial charge in [0.25, 0.3) is 0 Å². The first-order valence-corrected chi connectivity index (χ1v) is 8.74. The second-order valence-electron chi connectivity index (χ2n) is 6.10. The van der Waals surface area contributed by atoms with Gasteiger partial charge in [0.1, 0.15) is 5.75 Å². The van der Waals surface area contributed by atoms with Crippen molar-refractivity contribution in [2.75, 3.05) is 6.61 Å². The molecular weight excluding hydrogens is 282 g/mol. The molecule has 23 heavy (non-hydrogen) atoms. The fourth-order valence-electron chi connectivity index (χ4n) is 2.58. The van der Waals surface area contributed by atoms with Crippen LogP contribution < -0.4 is 10.1 Å². The molecule has 2 rings (SSSR count). The summed E-state index contributed by atoms with van der Waals surface area (Å²) >= 11 is 0. The van der Waals surface area contributed by atoms with Crippen molar-refractivity contribution in [1.29, 1.82) is 0 Å². The molecule has 0 radical (unpaired) electrons. The van der Waals surface area contributed by atoms with Crippen LogP contribution in [-0.2, 0) is 6.54 Å². The van der Waals surface area contributed by atoms with E-state index in [0.29, 0.717) is 6.04 Å². The van der Waals surface area contributed by atoms with Gasteiger partial charge in [0.15, 0.2) is 0 Å². The molecule has 0 saturated heterocycles. The summed E-state index contributed by atoms with van der Waals surface area (Å²) in [6.45, 7) is 8.22. The van der Waals surface area contributed by atoms with Gasteiger partial charge in [0.05, 0.1) is 6.61 Å². The number of unbranched alkanes of at least 4 members (excludes halogenated alkanes) is 1. The number of hydrogen-bond donors (Lipinski definition) is 1. The van der Waals surface area contributed by atoms with Crippen molar-refractivity contribution in [2.45, 2.75) is 52.6 Å². The van der Waals surface area contributed by atoms with Crippen LogP contribution >= 0.6 is 0 Å². The Morgan fingerprint density at radius 1 is 0.957 bits per heavy atom. The van der Waals surface area contributed by atoms with Crippen molar-refractivity contribution < 1.29 is 4.74 Å². The Bertz CT molecular complexity index is 559. The Morgan fingerprint density at radius 3 is 2.26 bits per heavy atom. The Kier molecular flexibility index (Phi) is 7.15. The average molecular weight is 311 g/mol. The van der Waals surface area contributed by atoms with E-state index < -0.39 is 0 Å². The Hall–Kier alpha value is -1.80. The maximum absolute atomic E-state index is 5.73. The minimum atomic E-state index is 0.376. The molecular formula is C21H29NO. The van der Waals surface area contributed by atoms with Gasteiger partial charge >= 0.3 is 0 Å². The van der Waals surface area contributed by atoms with Crippen molar-refractivity contribution in [1.82, 2.24) is 5.32 Å². The summed E-state index contributed by atoms with van der Waals surface area (Å²) < 4.78 is 5.73. The zero-order chi connectivity index (χ0) is 16.5. The van der Waals surface area contributed by atoms with E-state index in [1.54, 1.807) is 0 Å². The van der Waals surface area contributed by atoms with E-state index in [1.807, 2.05) is 0 Å². The highest BCUT2D eigenvalue weighted by atomic mass is 16.5. The first-order chi connectivity index (χ1) is 11.2. The van der Waals surface area contributed by atoms with Crippen molar-refractivity contribution in [3.8, 4) is 5.75 Å². The standard InChI is InChI=1S/C21H29NO/c1-4-6-15-23-20-13-11-19(12-14-20)21(5-2)22-16-18-9-7-17(3)8-10-18/h7-14,21-22H,4-6,15-16H2,1-3H3. The van der Waals surface area contributed by atoms with E-state index in [9.17, 15) is 0 Å². The van der Waals surface area contributed by atoms with Gasteiger partial charge in [-0.1, -0.05) is 62.2 Å². The maximum atomic E-state index is 5.73. The molecule has 2 nitrogen and oxygen atoms in total. The number of benzene rings is 2. The predicted molar refractivity (Wildman–Crippen MR) is 97.9 cm³/mol. The summed E-state index contributed by atoms with van der Waals surface area (Å²) in [5.74, 6) is 0.968. The molecule has 0 aliphatic carbocycles. The summed E-state index contributed by atoms with van der Waals surface area (Å²) in [6, 6.07) is 17.6. The van der Waals surface area contributed by atoms with E-state index in [0.717, 1.165) is 31.7 Å². The molecule has 2 aromatic rings. The lowest BCUT2D eigenvalue weighted by molar-refractivity contribution is 0.309. The van der Waals surface area contributed by atoms with Gasteiger partial charge in [-0.25, -0.2) is 0 Å². The number of nitrogens with one attached hydrogen (secondary N) is 1. The van der Waals surface area contributed by atoms with Gasteiger partial charge in [0, 0.05) is 12.6 Å². The average Bonchev–Trinajstić information content (AvgIpc) is 2.58. The second-order valence-corrected chi connectivity index (χ2v) is 6.10. The largest absolute Gasteiger partial charge is 0.494 e. The molecule has 0 saturated carbocycles. The lowest BCUT2D eigenvalue weighted by Crippen LogP contribution is -2.20. The van der Waals surface area contributed by atoms with E-state index in [1.165, 1.54) is 23.1 Å². The highest BCUT2D eigenvalue weighted by molar-refractivity contribution is 5.29. The lowest BCUT2D eigenvalue weighted by atomic mass is 10.0. The predicted octanol–water partition coefficient (Wildman–Crippen LogP) is 5.41. The summed E-state index contributed by atoms with van der Waals surface area (Å²) in [6.07, 6.45) is 3.35. The van der Waals surface area contributed by atoms with Crippen LogP contribution in [0.15, 0.2) is 48.5 Å². The fourth-order valence-corrected chi connectivity index (χ4v) is 2.58. The second kappa shape index (κ2) is 9.36. The molecule has 0 spiro atoms. The van der Waals surface area contributed by atoms with Crippen molar-refractivity contribution in [3.63, 3.8) is 0 Å². The summed E-state index contributed by atoms with van der Waals surface area (Å²) in [7, 11) is 0. The Balaban J connectivity index is 1.90. The van der Waals surface area contributed by atoms with E-state index in [2.05, 4.69) is 74.6 Å². The lowest BCUT2D eigenvalue weighted by Gasteiger charge is -2.18. The van der Waals surface area contributed by atoms with Crippen LogP contribution in [0.4, 0.5) is 0 Å². The topological polar surface area (TPSA) is 21.3 Å². The van der Waals surface area contributed by atoms with Crippen LogP contribution in [-0.4, -0.2) is 6.61 Å². The van der Waals surface area contributed by atoms with Crippen LogP contribution in [0.2, 0.25) is 0 Å². The molecule has 0 amide bonds. The highest BCUT2D eigenvalue weighted by Crippen LogP contribution is 2.21. The molecule has 1 atom stereocenters. The van der Waals surface area contributed by atoms with Crippen molar-refractivity contribution in [2.24, 2.45) is 0 Å². The van der Waals surface area contributed by atoms with Crippen LogP contribution in [0.25, 0.3) is 0 Å². The number of aryl methyl sites for hydroxylation is 1. The first-order valence-electron chi connectivity index (χ1n) is 8.74. The van der Waals surface area contributed by atoms with Gasteiger partial charge < -0.3 is 10.1 Å². The minimum Gasteiger partial charge on any atom is -0.494 e. The first kappa shape index (κ1) is 17.6. The molecule has 0 heterocycles. The molecule has 0 bridgehead atoms. The Labute approximate surface area is 140 Å². The zero-order valence-corrected chi connectivity index (χ0v) is 14.6. The summed E-state index contributed by atoms with van der Waals surface area (Å²) in [5.41, 5.74) is 3.95. The normalized spacial score (nSPS) is 12.1. The molecule has 0 aliphatic rings. The Morgan fingerprint density at radius 2 is 1.65 bits per heavy atom. The zero-order valence-electron chi connectivity index (χ0n) is 14.6. The van der Waals surface area contributed by atoms with Crippen LogP contribution in [0.1, 0.15) is 55.8 Å². The third-order valence-electron chi connectivity index (χ3n) is 4.13. The van der Waals surface area contributed by atoms with Crippen molar-refractivity contribution in [3.05, 3.63) is 65.2 Å². The molecule has 2 heteroatoms.